The second kappa shape index (κ2) is 11.1. The van der Waals surface area contributed by atoms with Crippen LogP contribution in [0, 0.1) is 15.9 Å². The number of nitro groups is 1. The predicted octanol–water partition coefficient (Wildman–Crippen LogP) is 3.24. The van der Waals surface area contributed by atoms with Gasteiger partial charge in [-0.25, -0.2) is 9.18 Å². The largest absolute Gasteiger partial charge is 0.444 e. The van der Waals surface area contributed by atoms with E-state index >= 15 is 0 Å². The first-order valence-corrected chi connectivity index (χ1v) is 11.7. The van der Waals surface area contributed by atoms with Crippen molar-refractivity contribution in [3.05, 3.63) is 34.1 Å². The van der Waals surface area contributed by atoms with Crippen LogP contribution in [-0.4, -0.2) is 84.8 Å². The number of likely N-dealkylation sites (tertiary alicyclic amines) is 1. The fourth-order valence-electron chi connectivity index (χ4n) is 4.37. The number of non-ortho nitro benzene ring substituents is 1. The van der Waals surface area contributed by atoms with Crippen LogP contribution in [0.1, 0.15) is 40.0 Å². The zero-order valence-electron chi connectivity index (χ0n) is 19.9. The van der Waals surface area contributed by atoms with Crippen LogP contribution in [0.15, 0.2) is 18.2 Å². The Morgan fingerprint density at radius 1 is 1.12 bits per heavy atom. The number of rotatable bonds is 7. The Balaban J connectivity index is 1.31. The predicted molar refractivity (Wildman–Crippen MR) is 125 cm³/mol. The summed E-state index contributed by atoms with van der Waals surface area (Å²) in [7, 11) is 0. The second-order valence-corrected chi connectivity index (χ2v) is 9.84. The summed E-state index contributed by atoms with van der Waals surface area (Å²) in [5, 5.41) is 13.8. The highest BCUT2D eigenvalue weighted by Gasteiger charge is 2.24. The molecule has 1 N–H and O–H groups in total. The van der Waals surface area contributed by atoms with Gasteiger partial charge in [-0.05, 0) is 59.2 Å². The molecule has 0 aliphatic carbocycles. The van der Waals surface area contributed by atoms with E-state index in [1.807, 2.05) is 25.7 Å². The number of carbonyl (C=O) groups is 1. The molecule has 3 rings (SSSR count). The van der Waals surface area contributed by atoms with E-state index in [2.05, 4.69) is 15.1 Å². The average molecular weight is 466 g/mol. The van der Waals surface area contributed by atoms with Gasteiger partial charge in [-0.15, -0.1) is 0 Å². The summed E-state index contributed by atoms with van der Waals surface area (Å²) in [4.78, 5) is 28.9. The van der Waals surface area contributed by atoms with E-state index in [4.69, 9.17) is 4.74 Å². The number of halogens is 1. The van der Waals surface area contributed by atoms with Crippen LogP contribution >= 0.6 is 0 Å². The molecule has 0 unspecified atom stereocenters. The number of amides is 1. The Kier molecular flexibility index (Phi) is 8.47. The number of hydrogen-bond acceptors (Lipinski definition) is 7. The molecule has 0 saturated carbocycles. The fourth-order valence-corrected chi connectivity index (χ4v) is 4.37. The third-order valence-electron chi connectivity index (χ3n) is 6.11. The lowest BCUT2D eigenvalue weighted by Crippen LogP contribution is -2.48. The Hall–Kier alpha value is -2.46. The molecule has 0 bridgehead atoms. The van der Waals surface area contributed by atoms with Gasteiger partial charge in [-0.3, -0.25) is 15.0 Å². The molecular formula is C23H36FN5O4. The van der Waals surface area contributed by atoms with Crippen molar-refractivity contribution in [3.8, 4) is 0 Å². The maximum atomic E-state index is 14.3. The molecule has 2 saturated heterocycles. The van der Waals surface area contributed by atoms with E-state index in [1.165, 1.54) is 12.1 Å². The zero-order valence-corrected chi connectivity index (χ0v) is 19.9. The van der Waals surface area contributed by atoms with Crippen molar-refractivity contribution in [3.63, 3.8) is 0 Å². The number of nitrogens with zero attached hydrogens (tertiary/aromatic N) is 4. The number of nitro benzene ring substituents is 1. The van der Waals surface area contributed by atoms with Crippen molar-refractivity contribution >= 4 is 17.5 Å². The number of alkyl carbamates (subject to hydrolysis) is 1. The Bertz CT molecular complexity index is 816. The molecule has 10 heteroatoms. The number of hydrogen-bond donors (Lipinski definition) is 1. The molecule has 1 aromatic carbocycles. The van der Waals surface area contributed by atoms with E-state index in [1.54, 1.807) is 0 Å². The lowest BCUT2D eigenvalue weighted by atomic mass is 10.1. The highest BCUT2D eigenvalue weighted by atomic mass is 19.1. The smallest absolute Gasteiger partial charge is 0.407 e. The average Bonchev–Trinajstić information content (AvgIpc) is 2.74. The van der Waals surface area contributed by atoms with Gasteiger partial charge in [0.2, 0.25) is 0 Å². The monoisotopic (exact) mass is 465 g/mol. The van der Waals surface area contributed by atoms with Gasteiger partial charge in [0.05, 0.1) is 16.7 Å². The number of nitrogens with one attached hydrogen (secondary N) is 1. The molecule has 0 radical (unpaired) electrons. The van der Waals surface area contributed by atoms with Gasteiger partial charge in [0, 0.05) is 51.4 Å². The maximum Gasteiger partial charge on any atom is 0.407 e. The minimum absolute atomic E-state index is 0.170. The highest BCUT2D eigenvalue weighted by Crippen LogP contribution is 2.25. The Morgan fingerprint density at radius 3 is 2.27 bits per heavy atom. The van der Waals surface area contributed by atoms with Gasteiger partial charge in [0.15, 0.2) is 5.82 Å². The number of anilines is 1. The third-order valence-corrected chi connectivity index (χ3v) is 6.11. The summed E-state index contributed by atoms with van der Waals surface area (Å²) < 4.78 is 19.6. The molecule has 2 aliphatic rings. The fraction of sp³-hybridized carbons (Fsp3) is 0.696. The molecule has 1 aromatic rings. The van der Waals surface area contributed by atoms with E-state index in [-0.39, 0.29) is 17.8 Å². The molecule has 0 atom stereocenters. The quantitative estimate of drug-likeness (QED) is 0.488. The number of carbonyl (C=O) groups excluding carboxylic acids is 1. The van der Waals surface area contributed by atoms with E-state index < -0.39 is 16.3 Å². The van der Waals surface area contributed by atoms with E-state index in [0.29, 0.717) is 18.8 Å². The van der Waals surface area contributed by atoms with Crippen molar-refractivity contribution in [1.82, 2.24) is 15.1 Å². The molecule has 1 amide bonds. The Labute approximate surface area is 195 Å². The molecule has 2 heterocycles. The minimum atomic E-state index is -0.579. The summed E-state index contributed by atoms with van der Waals surface area (Å²) in [5.41, 5.74) is -0.269. The first-order valence-electron chi connectivity index (χ1n) is 11.7. The topological polar surface area (TPSA) is 91.2 Å². The molecule has 9 nitrogen and oxygen atoms in total. The summed E-state index contributed by atoms with van der Waals surface area (Å²) in [6.45, 7) is 12.6. The van der Waals surface area contributed by atoms with Crippen molar-refractivity contribution in [2.24, 2.45) is 0 Å². The van der Waals surface area contributed by atoms with Crippen LogP contribution in [0.2, 0.25) is 0 Å². The lowest BCUT2D eigenvalue weighted by molar-refractivity contribution is -0.385. The van der Waals surface area contributed by atoms with Gasteiger partial charge in [0.1, 0.15) is 5.60 Å². The van der Waals surface area contributed by atoms with E-state index in [9.17, 15) is 19.3 Å². The zero-order chi connectivity index (χ0) is 24.0. The van der Waals surface area contributed by atoms with Gasteiger partial charge in [-0.2, -0.15) is 0 Å². The van der Waals surface area contributed by atoms with Gasteiger partial charge in [0.25, 0.3) is 5.69 Å². The molecule has 2 fully saturated rings. The standard InChI is InChI=1S/C23H36FN5O4/c1-23(2,3)33-22(30)25-18-7-11-26(12-8-18)9-4-10-27-13-15-28(16-14-27)21-6-5-19(29(31)32)17-20(21)24/h5-6,17-18H,4,7-16H2,1-3H3,(H,25,30). The van der Waals surface area contributed by atoms with Crippen molar-refractivity contribution in [2.45, 2.75) is 51.7 Å². The van der Waals surface area contributed by atoms with Gasteiger partial charge >= 0.3 is 6.09 Å². The number of ether oxygens (including phenoxy) is 1. The first kappa shape index (κ1) is 25.2. The van der Waals surface area contributed by atoms with Crippen LogP contribution in [0.3, 0.4) is 0 Å². The highest BCUT2D eigenvalue weighted by molar-refractivity contribution is 5.68. The summed E-state index contributed by atoms with van der Waals surface area (Å²) in [6.07, 6.45) is 2.58. The number of benzene rings is 1. The lowest BCUT2D eigenvalue weighted by Gasteiger charge is -2.37. The van der Waals surface area contributed by atoms with Gasteiger partial charge in [-0.1, -0.05) is 0 Å². The summed E-state index contributed by atoms with van der Waals surface area (Å²) in [5.74, 6) is -0.540. The molecular weight excluding hydrogens is 429 g/mol. The molecule has 184 valence electrons. The van der Waals surface area contributed by atoms with Crippen molar-refractivity contribution in [1.29, 1.82) is 0 Å². The Morgan fingerprint density at radius 2 is 1.73 bits per heavy atom. The van der Waals surface area contributed by atoms with Crippen LogP contribution in [0.4, 0.5) is 20.6 Å². The van der Waals surface area contributed by atoms with Crippen LogP contribution in [0.5, 0.6) is 0 Å². The SMILES string of the molecule is CC(C)(C)OC(=O)NC1CCN(CCCN2CCN(c3ccc([N+](=O)[O-])cc3F)CC2)CC1. The van der Waals surface area contributed by atoms with Crippen LogP contribution < -0.4 is 10.2 Å². The maximum absolute atomic E-state index is 14.3. The van der Waals surface area contributed by atoms with Crippen molar-refractivity contribution < 1.29 is 18.8 Å². The second-order valence-electron chi connectivity index (χ2n) is 9.84. The summed E-state index contributed by atoms with van der Waals surface area (Å²) >= 11 is 0. The molecule has 2 aliphatic heterocycles. The molecule has 0 spiro atoms. The number of piperazine rings is 1. The summed E-state index contributed by atoms with van der Waals surface area (Å²) in [6, 6.07) is 4.03. The molecule has 33 heavy (non-hydrogen) atoms. The molecule has 0 aromatic heterocycles. The minimum Gasteiger partial charge on any atom is -0.444 e. The van der Waals surface area contributed by atoms with Crippen LogP contribution in [-0.2, 0) is 4.74 Å². The van der Waals surface area contributed by atoms with Crippen molar-refractivity contribution in [2.75, 3.05) is 57.3 Å². The van der Waals surface area contributed by atoms with Gasteiger partial charge < -0.3 is 19.9 Å². The van der Waals surface area contributed by atoms with E-state index in [0.717, 1.165) is 64.6 Å². The third kappa shape index (κ3) is 7.82. The van der Waals surface area contributed by atoms with Crippen LogP contribution in [0.25, 0.3) is 0 Å². The normalized spacial score (nSPS) is 18.8. The first-order chi connectivity index (χ1) is 15.6. The number of piperidine rings is 1.